The Morgan fingerprint density at radius 2 is 2.25 bits per heavy atom. The average Bonchev–Trinajstić information content (AvgIpc) is 2.98. The van der Waals surface area contributed by atoms with E-state index in [0.29, 0.717) is 18.2 Å². The Morgan fingerprint density at radius 3 is 2.81 bits per heavy atom. The summed E-state index contributed by atoms with van der Waals surface area (Å²) in [7, 11) is 0. The summed E-state index contributed by atoms with van der Waals surface area (Å²) in [5, 5.41) is 2.90. The molecule has 0 radical (unpaired) electrons. The molecule has 0 saturated heterocycles. The smallest absolute Gasteiger partial charge is 0.286 e. The summed E-state index contributed by atoms with van der Waals surface area (Å²) in [5.41, 5.74) is 0.101. The van der Waals surface area contributed by atoms with E-state index in [4.69, 9.17) is 16.0 Å². The van der Waals surface area contributed by atoms with Gasteiger partial charge in [0.1, 0.15) is 0 Å². The number of halogens is 1. The van der Waals surface area contributed by atoms with Gasteiger partial charge >= 0.3 is 0 Å². The molecule has 1 N–H and O–H groups in total. The van der Waals surface area contributed by atoms with Gasteiger partial charge in [-0.25, -0.2) is 0 Å². The minimum atomic E-state index is -0.151. The van der Waals surface area contributed by atoms with Crippen molar-refractivity contribution < 1.29 is 9.21 Å². The number of carbonyl (C=O) groups excluding carboxylic acids is 1. The zero-order chi connectivity index (χ0) is 11.4. The first-order valence-corrected chi connectivity index (χ1v) is 6.17. The van der Waals surface area contributed by atoms with Gasteiger partial charge in [0.25, 0.3) is 5.91 Å². The van der Waals surface area contributed by atoms with E-state index in [1.807, 2.05) is 0 Å². The zero-order valence-electron chi connectivity index (χ0n) is 9.17. The Balaban J connectivity index is 1.89. The van der Waals surface area contributed by atoms with Crippen LogP contribution >= 0.6 is 11.6 Å². The molecular weight excluding hydrogens is 226 g/mol. The van der Waals surface area contributed by atoms with Gasteiger partial charge in [-0.3, -0.25) is 4.79 Å². The first kappa shape index (κ1) is 11.5. The van der Waals surface area contributed by atoms with Crippen molar-refractivity contribution in [2.75, 3.05) is 12.4 Å². The molecule has 0 unspecified atom stereocenters. The lowest BCUT2D eigenvalue weighted by molar-refractivity contribution is 0.0907. The molecule has 1 aromatic heterocycles. The maximum Gasteiger partial charge on any atom is 0.286 e. The molecule has 0 aromatic carbocycles. The normalized spacial score (nSPS) is 18.6. The highest BCUT2D eigenvalue weighted by Crippen LogP contribution is 2.38. The van der Waals surface area contributed by atoms with Crippen LogP contribution in [0.5, 0.6) is 0 Å². The van der Waals surface area contributed by atoms with Crippen LogP contribution < -0.4 is 5.32 Å². The molecule has 1 aliphatic rings. The van der Waals surface area contributed by atoms with Crippen molar-refractivity contribution in [2.45, 2.75) is 25.7 Å². The highest BCUT2D eigenvalue weighted by molar-refractivity contribution is 6.18. The zero-order valence-corrected chi connectivity index (χ0v) is 9.93. The van der Waals surface area contributed by atoms with Crippen LogP contribution in [0.25, 0.3) is 0 Å². The lowest BCUT2D eigenvalue weighted by Crippen LogP contribution is -2.37. The first-order chi connectivity index (χ1) is 7.76. The third-order valence-electron chi connectivity index (χ3n) is 3.32. The van der Waals surface area contributed by atoms with Crippen molar-refractivity contribution in [3.8, 4) is 0 Å². The van der Waals surface area contributed by atoms with Crippen LogP contribution in [0.4, 0.5) is 0 Å². The fourth-order valence-electron chi connectivity index (χ4n) is 2.25. The molecule has 1 saturated carbocycles. The molecule has 2 rings (SSSR count). The Kier molecular flexibility index (Phi) is 3.54. The van der Waals surface area contributed by atoms with E-state index in [0.717, 1.165) is 12.8 Å². The van der Waals surface area contributed by atoms with Gasteiger partial charge in [0, 0.05) is 17.8 Å². The van der Waals surface area contributed by atoms with Gasteiger partial charge in [0.05, 0.1) is 6.26 Å². The highest BCUT2D eigenvalue weighted by atomic mass is 35.5. The van der Waals surface area contributed by atoms with Gasteiger partial charge in [-0.05, 0) is 25.0 Å². The van der Waals surface area contributed by atoms with Crippen LogP contribution in [-0.4, -0.2) is 18.3 Å². The quantitative estimate of drug-likeness (QED) is 0.824. The Bertz CT molecular complexity index is 342. The van der Waals surface area contributed by atoms with E-state index >= 15 is 0 Å². The molecule has 1 aromatic rings. The predicted molar refractivity (Wildman–Crippen MR) is 62.7 cm³/mol. The standard InChI is InChI=1S/C12H16ClNO2/c13-8-12(5-1-2-6-12)9-14-11(15)10-4-3-7-16-10/h3-4,7H,1-2,5-6,8-9H2,(H,14,15). The molecule has 1 heterocycles. The van der Waals surface area contributed by atoms with E-state index in [2.05, 4.69) is 5.32 Å². The Morgan fingerprint density at radius 1 is 1.50 bits per heavy atom. The van der Waals surface area contributed by atoms with Gasteiger partial charge in [-0.15, -0.1) is 11.6 Å². The molecule has 0 atom stereocenters. The molecule has 88 valence electrons. The number of nitrogens with one attached hydrogen (secondary N) is 1. The molecule has 0 aliphatic heterocycles. The second-order valence-electron chi connectivity index (χ2n) is 4.50. The van der Waals surface area contributed by atoms with E-state index in [1.54, 1.807) is 12.1 Å². The van der Waals surface area contributed by atoms with Crippen LogP contribution in [0.15, 0.2) is 22.8 Å². The van der Waals surface area contributed by atoms with Crippen LogP contribution in [0, 0.1) is 5.41 Å². The number of hydrogen-bond acceptors (Lipinski definition) is 2. The molecular formula is C12H16ClNO2. The summed E-state index contributed by atoms with van der Waals surface area (Å²) < 4.78 is 5.03. The largest absolute Gasteiger partial charge is 0.459 e. The lowest BCUT2D eigenvalue weighted by atomic mass is 9.88. The van der Waals surface area contributed by atoms with E-state index in [-0.39, 0.29) is 11.3 Å². The maximum atomic E-state index is 11.7. The summed E-state index contributed by atoms with van der Waals surface area (Å²) in [6, 6.07) is 3.37. The maximum absolute atomic E-state index is 11.7. The fraction of sp³-hybridized carbons (Fsp3) is 0.583. The van der Waals surface area contributed by atoms with Crippen molar-refractivity contribution in [2.24, 2.45) is 5.41 Å². The van der Waals surface area contributed by atoms with Crippen LogP contribution in [-0.2, 0) is 0 Å². The number of alkyl halides is 1. The number of amides is 1. The summed E-state index contributed by atoms with van der Waals surface area (Å²) >= 11 is 6.00. The highest BCUT2D eigenvalue weighted by Gasteiger charge is 2.33. The number of furan rings is 1. The average molecular weight is 242 g/mol. The van der Waals surface area contributed by atoms with E-state index in [9.17, 15) is 4.79 Å². The van der Waals surface area contributed by atoms with Crippen molar-refractivity contribution in [1.82, 2.24) is 5.32 Å². The van der Waals surface area contributed by atoms with Crippen LogP contribution in [0.3, 0.4) is 0 Å². The van der Waals surface area contributed by atoms with Crippen molar-refractivity contribution in [3.05, 3.63) is 24.2 Å². The summed E-state index contributed by atoms with van der Waals surface area (Å²) in [6.07, 6.45) is 6.14. The minimum absolute atomic E-state index is 0.101. The predicted octanol–water partition coefficient (Wildman–Crippen LogP) is 2.81. The number of rotatable bonds is 4. The second-order valence-corrected chi connectivity index (χ2v) is 4.77. The van der Waals surface area contributed by atoms with Gasteiger partial charge < -0.3 is 9.73 Å². The summed E-state index contributed by atoms with van der Waals surface area (Å²) in [4.78, 5) is 11.7. The molecule has 1 aliphatic carbocycles. The molecule has 4 heteroatoms. The van der Waals surface area contributed by atoms with Crippen LogP contribution in [0.1, 0.15) is 36.2 Å². The summed E-state index contributed by atoms with van der Waals surface area (Å²) in [6.45, 7) is 0.649. The third kappa shape index (κ3) is 2.40. The molecule has 1 fully saturated rings. The topological polar surface area (TPSA) is 42.2 Å². The second kappa shape index (κ2) is 4.91. The molecule has 0 spiro atoms. The lowest BCUT2D eigenvalue weighted by Gasteiger charge is -2.26. The third-order valence-corrected chi connectivity index (χ3v) is 3.88. The van der Waals surface area contributed by atoms with Gasteiger partial charge in [-0.2, -0.15) is 0 Å². The monoisotopic (exact) mass is 241 g/mol. The van der Waals surface area contributed by atoms with Crippen molar-refractivity contribution in [3.63, 3.8) is 0 Å². The fourth-order valence-corrected chi connectivity index (χ4v) is 2.61. The Labute approximate surface area is 100 Å². The molecule has 16 heavy (non-hydrogen) atoms. The molecule has 1 amide bonds. The van der Waals surface area contributed by atoms with E-state index < -0.39 is 0 Å². The molecule has 0 bridgehead atoms. The first-order valence-electron chi connectivity index (χ1n) is 5.63. The minimum Gasteiger partial charge on any atom is -0.459 e. The van der Waals surface area contributed by atoms with Gasteiger partial charge in [0.15, 0.2) is 5.76 Å². The summed E-state index contributed by atoms with van der Waals surface area (Å²) in [5.74, 6) is 0.829. The van der Waals surface area contributed by atoms with Crippen molar-refractivity contribution in [1.29, 1.82) is 0 Å². The number of carbonyl (C=O) groups is 1. The van der Waals surface area contributed by atoms with Crippen LogP contribution in [0.2, 0.25) is 0 Å². The van der Waals surface area contributed by atoms with Gasteiger partial charge in [-0.1, -0.05) is 12.8 Å². The van der Waals surface area contributed by atoms with Crippen molar-refractivity contribution >= 4 is 17.5 Å². The molecule has 3 nitrogen and oxygen atoms in total. The Hall–Kier alpha value is -0.960. The van der Waals surface area contributed by atoms with E-state index in [1.165, 1.54) is 19.1 Å². The number of hydrogen-bond donors (Lipinski definition) is 1. The SMILES string of the molecule is O=C(NCC1(CCl)CCCC1)c1ccco1. The van der Waals surface area contributed by atoms with Gasteiger partial charge in [0.2, 0.25) is 0 Å².